The SMILES string of the molecule is CC(C)S(=O)(=O)NCC1CCC(Nc2nc(C3(F)CCCC3)no2)CC1. The zero-order valence-electron chi connectivity index (χ0n) is 15.5. The molecule has 0 unspecified atom stereocenters. The third kappa shape index (κ3) is 4.54. The molecule has 0 aromatic carbocycles. The molecule has 2 N–H and O–H groups in total. The predicted octanol–water partition coefficient (Wildman–Crippen LogP) is 3.11. The van der Waals surface area contributed by atoms with E-state index in [1.165, 1.54) is 0 Å². The summed E-state index contributed by atoms with van der Waals surface area (Å²) in [5.74, 6) is 0.502. The number of halogens is 1. The molecule has 2 saturated carbocycles. The van der Waals surface area contributed by atoms with Gasteiger partial charge in [0.15, 0.2) is 5.67 Å². The lowest BCUT2D eigenvalue weighted by Crippen LogP contribution is -2.37. The van der Waals surface area contributed by atoms with Crippen LogP contribution in [0.4, 0.5) is 10.4 Å². The molecule has 3 rings (SSSR count). The standard InChI is InChI=1S/C17H29FN4O3S/c1-12(2)26(23,24)19-11-13-5-7-14(8-6-13)20-16-21-15(22-25-16)17(18)9-3-4-10-17/h12-14,19H,3-11H2,1-2H3,(H,20,21,22). The number of sulfonamides is 1. The van der Waals surface area contributed by atoms with Crippen LogP contribution in [0.1, 0.15) is 71.0 Å². The molecule has 2 aliphatic carbocycles. The number of hydrogen-bond donors (Lipinski definition) is 2. The Balaban J connectivity index is 1.45. The van der Waals surface area contributed by atoms with E-state index >= 15 is 0 Å². The number of aromatic nitrogens is 2. The van der Waals surface area contributed by atoms with Crippen molar-refractivity contribution in [1.82, 2.24) is 14.9 Å². The molecule has 7 nitrogen and oxygen atoms in total. The number of nitrogens with one attached hydrogen (secondary N) is 2. The predicted molar refractivity (Wildman–Crippen MR) is 97.0 cm³/mol. The summed E-state index contributed by atoms with van der Waals surface area (Å²) in [6.45, 7) is 3.84. The molecule has 1 aromatic rings. The Morgan fingerprint density at radius 1 is 1.23 bits per heavy atom. The van der Waals surface area contributed by atoms with Crippen LogP contribution >= 0.6 is 0 Å². The van der Waals surface area contributed by atoms with E-state index in [0.717, 1.165) is 38.5 Å². The molecule has 2 fully saturated rings. The highest BCUT2D eigenvalue weighted by atomic mass is 32.2. The largest absolute Gasteiger partial charge is 0.335 e. The minimum Gasteiger partial charge on any atom is -0.335 e. The van der Waals surface area contributed by atoms with Crippen molar-refractivity contribution in [2.75, 3.05) is 11.9 Å². The summed E-state index contributed by atoms with van der Waals surface area (Å²) in [5.41, 5.74) is -1.44. The van der Waals surface area contributed by atoms with Crippen LogP contribution in [0.25, 0.3) is 0 Å². The Hall–Kier alpha value is -1.22. The Labute approximate surface area is 154 Å². The van der Waals surface area contributed by atoms with Gasteiger partial charge < -0.3 is 9.84 Å². The van der Waals surface area contributed by atoms with Crippen LogP contribution in [-0.4, -0.2) is 36.4 Å². The number of nitrogens with zero attached hydrogens (tertiary/aromatic N) is 2. The highest BCUT2D eigenvalue weighted by molar-refractivity contribution is 7.90. The van der Waals surface area contributed by atoms with Crippen molar-refractivity contribution in [3.05, 3.63) is 5.82 Å². The molecule has 0 atom stereocenters. The van der Waals surface area contributed by atoms with E-state index in [1.807, 2.05) is 0 Å². The summed E-state index contributed by atoms with van der Waals surface area (Å²) in [6.07, 6.45) is 6.28. The minimum absolute atomic E-state index is 0.161. The maximum absolute atomic E-state index is 14.7. The summed E-state index contributed by atoms with van der Waals surface area (Å²) in [5, 5.41) is 6.62. The van der Waals surface area contributed by atoms with Gasteiger partial charge >= 0.3 is 6.01 Å². The Kier molecular flexibility index (Phi) is 5.86. The summed E-state index contributed by atoms with van der Waals surface area (Å²) in [7, 11) is -3.21. The van der Waals surface area contributed by atoms with E-state index in [1.54, 1.807) is 13.8 Å². The van der Waals surface area contributed by atoms with Gasteiger partial charge in [0.2, 0.25) is 15.8 Å². The van der Waals surface area contributed by atoms with Gasteiger partial charge in [-0.05, 0) is 71.1 Å². The van der Waals surface area contributed by atoms with Gasteiger partial charge in [-0.1, -0.05) is 5.16 Å². The van der Waals surface area contributed by atoms with Crippen molar-refractivity contribution in [1.29, 1.82) is 0 Å². The molecule has 0 aliphatic heterocycles. The molecule has 148 valence electrons. The average molecular weight is 389 g/mol. The zero-order valence-corrected chi connectivity index (χ0v) is 16.3. The van der Waals surface area contributed by atoms with Gasteiger partial charge in [0.1, 0.15) is 0 Å². The minimum atomic E-state index is -3.21. The van der Waals surface area contributed by atoms with Crippen molar-refractivity contribution >= 4 is 16.0 Å². The summed E-state index contributed by atoms with van der Waals surface area (Å²) < 4.78 is 46.2. The van der Waals surface area contributed by atoms with Crippen LogP contribution in [0.5, 0.6) is 0 Å². The van der Waals surface area contributed by atoms with Gasteiger partial charge in [0, 0.05) is 12.6 Å². The number of rotatable bonds is 7. The van der Waals surface area contributed by atoms with Crippen molar-refractivity contribution < 1.29 is 17.3 Å². The second kappa shape index (κ2) is 7.80. The van der Waals surface area contributed by atoms with E-state index in [2.05, 4.69) is 20.2 Å². The van der Waals surface area contributed by atoms with Gasteiger partial charge in [0.05, 0.1) is 5.25 Å². The summed E-state index contributed by atoms with van der Waals surface area (Å²) in [4.78, 5) is 4.21. The fraction of sp³-hybridized carbons (Fsp3) is 0.882. The van der Waals surface area contributed by atoms with Crippen LogP contribution in [0.15, 0.2) is 4.52 Å². The molecule has 0 amide bonds. The van der Waals surface area contributed by atoms with Crippen LogP contribution in [0.3, 0.4) is 0 Å². The summed E-state index contributed by atoms with van der Waals surface area (Å²) >= 11 is 0. The van der Waals surface area contributed by atoms with Crippen molar-refractivity contribution in [2.45, 2.75) is 82.2 Å². The second-order valence-corrected chi connectivity index (χ2v) is 10.2. The topological polar surface area (TPSA) is 97.1 Å². The van der Waals surface area contributed by atoms with E-state index in [9.17, 15) is 12.8 Å². The maximum atomic E-state index is 14.7. The van der Waals surface area contributed by atoms with Crippen LogP contribution < -0.4 is 10.0 Å². The Morgan fingerprint density at radius 2 is 1.88 bits per heavy atom. The molecular weight excluding hydrogens is 359 g/mol. The molecule has 0 bridgehead atoms. The first-order chi connectivity index (χ1) is 12.3. The second-order valence-electron chi connectivity index (χ2n) is 7.90. The molecule has 1 heterocycles. The van der Waals surface area contributed by atoms with Crippen molar-refractivity contribution in [2.24, 2.45) is 5.92 Å². The normalized spacial score (nSPS) is 26.3. The van der Waals surface area contributed by atoms with E-state index in [-0.39, 0.29) is 17.9 Å². The van der Waals surface area contributed by atoms with E-state index < -0.39 is 20.9 Å². The van der Waals surface area contributed by atoms with Crippen LogP contribution in [-0.2, 0) is 15.7 Å². The highest BCUT2D eigenvalue weighted by Crippen LogP contribution is 2.41. The van der Waals surface area contributed by atoms with Gasteiger partial charge in [-0.3, -0.25) is 0 Å². The first-order valence-electron chi connectivity index (χ1n) is 9.56. The first kappa shape index (κ1) is 19.5. The van der Waals surface area contributed by atoms with E-state index in [0.29, 0.717) is 25.3 Å². The lowest BCUT2D eigenvalue weighted by molar-refractivity contribution is 0.156. The smallest absolute Gasteiger partial charge is 0.321 e. The zero-order chi connectivity index (χ0) is 18.8. The summed E-state index contributed by atoms with van der Waals surface area (Å²) in [6, 6.07) is 0.480. The Bertz CT molecular complexity index is 693. The quantitative estimate of drug-likeness (QED) is 0.745. The fourth-order valence-electron chi connectivity index (χ4n) is 3.71. The van der Waals surface area contributed by atoms with Crippen molar-refractivity contribution in [3.8, 4) is 0 Å². The van der Waals surface area contributed by atoms with Gasteiger partial charge in [-0.15, -0.1) is 0 Å². The van der Waals surface area contributed by atoms with Gasteiger partial charge in [-0.2, -0.15) is 4.98 Å². The van der Waals surface area contributed by atoms with Crippen LogP contribution in [0.2, 0.25) is 0 Å². The van der Waals surface area contributed by atoms with E-state index in [4.69, 9.17) is 4.52 Å². The lowest BCUT2D eigenvalue weighted by atomic mass is 9.86. The molecule has 0 radical (unpaired) electrons. The third-order valence-electron chi connectivity index (χ3n) is 5.59. The van der Waals surface area contributed by atoms with Gasteiger partial charge in [0.25, 0.3) is 0 Å². The molecule has 0 spiro atoms. The van der Waals surface area contributed by atoms with Crippen LogP contribution in [0, 0.1) is 5.92 Å². The molecule has 26 heavy (non-hydrogen) atoms. The number of hydrogen-bond acceptors (Lipinski definition) is 6. The molecular formula is C17H29FN4O3S. The maximum Gasteiger partial charge on any atom is 0.321 e. The highest BCUT2D eigenvalue weighted by Gasteiger charge is 2.40. The van der Waals surface area contributed by atoms with Gasteiger partial charge in [-0.25, -0.2) is 17.5 Å². The lowest BCUT2D eigenvalue weighted by Gasteiger charge is -2.28. The van der Waals surface area contributed by atoms with Crippen molar-refractivity contribution in [3.63, 3.8) is 0 Å². The molecule has 9 heteroatoms. The average Bonchev–Trinajstić information content (AvgIpc) is 3.24. The number of alkyl halides is 1. The Morgan fingerprint density at radius 3 is 2.50 bits per heavy atom. The third-order valence-corrected chi connectivity index (χ3v) is 7.40. The molecule has 0 saturated heterocycles. The fourth-order valence-corrected chi connectivity index (χ4v) is 4.51. The first-order valence-corrected chi connectivity index (χ1v) is 11.1. The molecule has 2 aliphatic rings. The number of anilines is 1. The monoisotopic (exact) mass is 388 g/mol. The molecule has 1 aromatic heterocycles.